The molecule has 1 fully saturated rings. The molecule has 0 bridgehead atoms. The number of hydrogen-bond acceptors (Lipinski definition) is 4. The van der Waals surface area contributed by atoms with Crippen molar-refractivity contribution in [2.75, 3.05) is 18.0 Å². The lowest BCUT2D eigenvalue weighted by Gasteiger charge is -2.38. The van der Waals surface area contributed by atoms with Crippen LogP contribution in [0, 0.1) is 11.6 Å². The molecule has 1 aromatic heterocycles. The van der Waals surface area contributed by atoms with Gasteiger partial charge in [0.2, 0.25) is 0 Å². The van der Waals surface area contributed by atoms with E-state index in [1.807, 2.05) is 26.0 Å². The number of rotatable bonds is 2. The van der Waals surface area contributed by atoms with Gasteiger partial charge < -0.3 is 14.6 Å². The molecule has 0 spiro atoms. The van der Waals surface area contributed by atoms with Crippen molar-refractivity contribution in [1.82, 2.24) is 9.78 Å². The van der Waals surface area contributed by atoms with Crippen molar-refractivity contribution in [3.63, 3.8) is 0 Å². The van der Waals surface area contributed by atoms with Crippen LogP contribution in [0.3, 0.4) is 0 Å². The number of anilines is 1. The Labute approximate surface area is 158 Å². The molecule has 3 aromatic rings. The first-order valence-corrected chi connectivity index (χ1v) is 9.94. The Bertz CT molecular complexity index is 981. The summed E-state index contributed by atoms with van der Waals surface area (Å²) in [7, 11) is 0. The molecule has 2 unspecified atom stereocenters. The lowest BCUT2D eigenvalue weighted by Crippen LogP contribution is -2.50. The van der Waals surface area contributed by atoms with E-state index in [9.17, 15) is 18.4 Å². The zero-order valence-corrected chi connectivity index (χ0v) is 15.7. The number of phenols is 1. The molecule has 1 N–H and O–H groups in total. The largest absolute Gasteiger partial charge is 0.616 e. The molecule has 5 nitrogen and oxygen atoms in total. The van der Waals surface area contributed by atoms with Crippen molar-refractivity contribution < 1.29 is 18.4 Å². The zero-order valence-electron chi connectivity index (χ0n) is 14.9. The minimum Gasteiger partial charge on any atom is -0.616 e. The third kappa shape index (κ3) is 3.02. The van der Waals surface area contributed by atoms with Crippen LogP contribution in [-0.4, -0.2) is 43.0 Å². The van der Waals surface area contributed by atoms with E-state index in [0.717, 1.165) is 11.8 Å². The summed E-state index contributed by atoms with van der Waals surface area (Å²) in [5.74, 6) is -3.06. The molecule has 1 aliphatic rings. The lowest BCUT2D eigenvalue weighted by atomic mass is 10.2. The minimum atomic E-state index is -1.03. The maximum absolute atomic E-state index is 14.3. The summed E-state index contributed by atoms with van der Waals surface area (Å²) in [4.78, 5) is 2.18. The van der Waals surface area contributed by atoms with Gasteiger partial charge >= 0.3 is 0 Å². The first-order valence-electron chi connectivity index (χ1n) is 8.66. The Kier molecular flexibility index (Phi) is 4.47. The average Bonchev–Trinajstić information content (AvgIpc) is 3.07. The van der Waals surface area contributed by atoms with E-state index in [2.05, 4.69) is 10.00 Å². The van der Waals surface area contributed by atoms with Crippen LogP contribution in [0.5, 0.6) is 5.75 Å². The second-order valence-corrected chi connectivity index (χ2v) is 9.15. The second-order valence-electron chi connectivity index (χ2n) is 6.89. The fourth-order valence-corrected chi connectivity index (χ4v) is 5.01. The number of benzene rings is 2. The third-order valence-corrected chi connectivity index (χ3v) is 6.81. The summed E-state index contributed by atoms with van der Waals surface area (Å²) in [5, 5.41) is 14.1. The normalized spacial score (nSPS) is 23.1. The van der Waals surface area contributed by atoms with Crippen LogP contribution >= 0.6 is 0 Å². The fourth-order valence-electron chi connectivity index (χ4n) is 3.56. The van der Waals surface area contributed by atoms with Crippen molar-refractivity contribution in [2.45, 2.75) is 24.3 Å². The van der Waals surface area contributed by atoms with Crippen molar-refractivity contribution in [3.05, 3.63) is 48.2 Å². The van der Waals surface area contributed by atoms with E-state index in [1.165, 1.54) is 10.9 Å². The SMILES string of the molecule is CC1CN(c2ccc(-n3ncc4cc(F)c(O)c(F)c43)cc2)CC(C)[S+]1[O-]. The van der Waals surface area contributed by atoms with Gasteiger partial charge in [0.05, 0.1) is 25.0 Å². The van der Waals surface area contributed by atoms with E-state index >= 15 is 0 Å². The third-order valence-electron chi connectivity index (χ3n) is 4.93. The highest BCUT2D eigenvalue weighted by Gasteiger charge is 2.33. The van der Waals surface area contributed by atoms with Gasteiger partial charge in [-0.3, -0.25) is 0 Å². The summed E-state index contributed by atoms with van der Waals surface area (Å²) in [6.45, 7) is 5.39. The molecular formula is C19H19F2N3O2S. The van der Waals surface area contributed by atoms with Gasteiger partial charge in [-0.2, -0.15) is 5.10 Å². The van der Waals surface area contributed by atoms with Gasteiger partial charge in [0, 0.05) is 11.1 Å². The Hall–Kier alpha value is -2.32. The first-order chi connectivity index (χ1) is 12.9. The Morgan fingerprint density at radius 3 is 2.33 bits per heavy atom. The summed E-state index contributed by atoms with van der Waals surface area (Å²) in [5.41, 5.74) is 1.61. The molecule has 0 saturated carbocycles. The molecule has 4 rings (SSSR count). The number of hydrogen-bond donors (Lipinski definition) is 1. The van der Waals surface area contributed by atoms with Crippen LogP contribution in [0.2, 0.25) is 0 Å². The summed E-state index contributed by atoms with van der Waals surface area (Å²) in [6.07, 6.45) is 1.36. The summed E-state index contributed by atoms with van der Waals surface area (Å²) >= 11 is -0.827. The van der Waals surface area contributed by atoms with Crippen molar-refractivity contribution in [1.29, 1.82) is 0 Å². The molecule has 8 heteroatoms. The molecule has 1 aliphatic heterocycles. The van der Waals surface area contributed by atoms with Crippen LogP contribution < -0.4 is 4.90 Å². The molecule has 0 aliphatic carbocycles. The number of halogens is 2. The molecule has 2 heterocycles. The van der Waals surface area contributed by atoms with Gasteiger partial charge in [0.15, 0.2) is 17.4 Å². The monoisotopic (exact) mass is 391 g/mol. The van der Waals surface area contributed by atoms with Crippen LogP contribution in [-0.2, 0) is 11.2 Å². The van der Waals surface area contributed by atoms with Gasteiger partial charge in [-0.15, -0.1) is 0 Å². The Morgan fingerprint density at radius 1 is 1.11 bits per heavy atom. The van der Waals surface area contributed by atoms with Gasteiger partial charge in [-0.1, -0.05) is 0 Å². The van der Waals surface area contributed by atoms with Crippen molar-refractivity contribution >= 4 is 27.8 Å². The summed E-state index contributed by atoms with van der Waals surface area (Å²) < 4.78 is 41.3. The Balaban J connectivity index is 1.67. The zero-order chi connectivity index (χ0) is 19.3. The molecule has 142 valence electrons. The lowest BCUT2D eigenvalue weighted by molar-refractivity contribution is 0.399. The maximum atomic E-state index is 14.3. The van der Waals surface area contributed by atoms with Crippen molar-refractivity contribution in [2.24, 2.45) is 0 Å². The van der Waals surface area contributed by atoms with E-state index < -0.39 is 28.6 Å². The number of aromatic hydroxyl groups is 1. The first kappa shape index (κ1) is 18.1. The quantitative estimate of drug-likeness (QED) is 0.681. The smallest absolute Gasteiger partial charge is 0.194 e. The average molecular weight is 391 g/mol. The van der Waals surface area contributed by atoms with Gasteiger partial charge in [-0.25, -0.2) is 13.5 Å². The highest BCUT2D eigenvalue weighted by atomic mass is 32.2. The van der Waals surface area contributed by atoms with Gasteiger partial charge in [-0.05, 0) is 55.4 Å². The van der Waals surface area contributed by atoms with Gasteiger partial charge in [0.1, 0.15) is 16.0 Å². The minimum absolute atomic E-state index is 0.0252. The number of nitrogens with zero attached hydrogens (tertiary/aromatic N) is 3. The van der Waals surface area contributed by atoms with E-state index in [1.54, 1.807) is 12.1 Å². The second kappa shape index (κ2) is 6.69. The highest BCUT2D eigenvalue weighted by Crippen LogP contribution is 2.31. The molecule has 0 amide bonds. The molecule has 1 saturated heterocycles. The van der Waals surface area contributed by atoms with Crippen LogP contribution in [0.1, 0.15) is 13.8 Å². The summed E-state index contributed by atoms with van der Waals surface area (Å²) in [6, 6.07) is 8.45. The van der Waals surface area contributed by atoms with E-state index in [0.29, 0.717) is 18.8 Å². The van der Waals surface area contributed by atoms with Gasteiger partial charge in [0.25, 0.3) is 0 Å². The number of phenolic OH excluding ortho intramolecular Hbond substituents is 1. The van der Waals surface area contributed by atoms with Crippen LogP contribution in [0.25, 0.3) is 16.6 Å². The molecule has 0 radical (unpaired) electrons. The number of fused-ring (bicyclic) bond motifs is 1. The molecule has 2 aromatic carbocycles. The predicted octanol–water partition coefficient (Wildman–Crippen LogP) is 3.36. The standard InChI is InChI=1S/C19H19F2N3O2S/c1-11-9-23(10-12(2)27(11)26)14-3-5-15(6-4-14)24-18-13(8-22-24)7-16(20)19(25)17(18)21/h3-8,11-12,25H,9-10H2,1-2H3. The number of aromatic nitrogens is 2. The topological polar surface area (TPSA) is 64.4 Å². The van der Waals surface area contributed by atoms with Crippen LogP contribution in [0.4, 0.5) is 14.5 Å². The molecule has 27 heavy (non-hydrogen) atoms. The van der Waals surface area contributed by atoms with Crippen molar-refractivity contribution in [3.8, 4) is 11.4 Å². The molecule has 2 atom stereocenters. The highest BCUT2D eigenvalue weighted by molar-refractivity contribution is 7.92. The van der Waals surface area contributed by atoms with E-state index in [-0.39, 0.29) is 21.4 Å². The Morgan fingerprint density at radius 2 is 1.70 bits per heavy atom. The van der Waals surface area contributed by atoms with E-state index in [4.69, 9.17) is 0 Å². The fraction of sp³-hybridized carbons (Fsp3) is 0.316. The van der Waals surface area contributed by atoms with Crippen LogP contribution in [0.15, 0.2) is 36.5 Å². The maximum Gasteiger partial charge on any atom is 0.194 e. The molecular weight excluding hydrogens is 372 g/mol. The predicted molar refractivity (Wildman–Crippen MR) is 102 cm³/mol.